The van der Waals surface area contributed by atoms with E-state index < -0.39 is 22.0 Å². The summed E-state index contributed by atoms with van der Waals surface area (Å²) < 4.78 is 25.2. The van der Waals surface area contributed by atoms with Crippen LogP contribution in [0.3, 0.4) is 0 Å². The summed E-state index contributed by atoms with van der Waals surface area (Å²) in [6.07, 6.45) is 0.521. The number of fused-ring (bicyclic) bond motifs is 1. The van der Waals surface area contributed by atoms with Crippen LogP contribution >= 0.6 is 0 Å². The van der Waals surface area contributed by atoms with Crippen LogP contribution in [-0.4, -0.2) is 77.6 Å². The normalized spacial score (nSPS) is 21.2. The molecule has 3 rings (SSSR count). The molecule has 1 aliphatic rings. The first-order valence-corrected chi connectivity index (χ1v) is 9.48. The summed E-state index contributed by atoms with van der Waals surface area (Å²) in [5, 5.41) is 10.2. The lowest BCUT2D eigenvalue weighted by Gasteiger charge is -2.17. The van der Waals surface area contributed by atoms with Crippen LogP contribution in [0, 0.1) is 5.92 Å². The molecular weight excluding hydrogens is 344 g/mol. The van der Waals surface area contributed by atoms with Crippen molar-refractivity contribution in [2.24, 2.45) is 5.92 Å². The molecule has 1 aromatic heterocycles. The molecule has 1 aliphatic heterocycles. The van der Waals surface area contributed by atoms with Gasteiger partial charge in [-0.05, 0) is 12.1 Å². The summed E-state index contributed by atoms with van der Waals surface area (Å²) in [7, 11) is -0.552. The Morgan fingerprint density at radius 2 is 1.96 bits per heavy atom. The van der Waals surface area contributed by atoms with Gasteiger partial charge in [0, 0.05) is 33.1 Å². The zero-order valence-corrected chi connectivity index (χ0v) is 14.8. The minimum absolute atomic E-state index is 0.0843. The quantitative estimate of drug-likeness (QED) is 0.816. The van der Waals surface area contributed by atoms with E-state index in [0.29, 0.717) is 11.0 Å². The van der Waals surface area contributed by atoms with Gasteiger partial charge < -0.3 is 10.0 Å². The molecule has 25 heavy (non-hydrogen) atoms. The third-order valence-electron chi connectivity index (χ3n) is 4.34. The van der Waals surface area contributed by atoms with Gasteiger partial charge in [0.2, 0.25) is 10.0 Å². The Kier molecular flexibility index (Phi) is 4.72. The first-order chi connectivity index (χ1) is 11.8. The van der Waals surface area contributed by atoms with Gasteiger partial charge in [0.15, 0.2) is 0 Å². The number of aliphatic hydroxyl groups excluding tert-OH is 1. The molecule has 0 bridgehead atoms. The molecule has 2 heterocycles. The van der Waals surface area contributed by atoms with E-state index in [1.807, 2.05) is 12.1 Å². The van der Waals surface area contributed by atoms with Crippen molar-refractivity contribution in [3.63, 3.8) is 0 Å². The van der Waals surface area contributed by atoms with Crippen LogP contribution < -0.4 is 0 Å². The number of hydrogen-bond donors (Lipinski definition) is 1. The number of sulfonamides is 1. The van der Waals surface area contributed by atoms with Crippen LogP contribution in [0.2, 0.25) is 0 Å². The number of hydrogen-bond acceptors (Lipinski definition) is 6. The summed E-state index contributed by atoms with van der Waals surface area (Å²) in [5.41, 5.74) is 1.48. The second kappa shape index (κ2) is 6.66. The molecule has 0 aliphatic carbocycles. The second-order valence-corrected chi connectivity index (χ2v) is 8.57. The second-order valence-electron chi connectivity index (χ2n) is 6.34. The van der Waals surface area contributed by atoms with Gasteiger partial charge in [-0.1, -0.05) is 12.1 Å². The maximum atomic E-state index is 12.6. The number of aliphatic hydroxyl groups is 1. The largest absolute Gasteiger partial charge is 0.391 e. The summed E-state index contributed by atoms with van der Waals surface area (Å²) in [4.78, 5) is 22.6. The zero-order valence-electron chi connectivity index (χ0n) is 14.0. The standard InChI is InChI=1S/C16H20N4O4S/c1-19(2)25(23,24)10-11-8-20(9-15(11)21)16(22)14-7-17-12-5-3-4-6-13(12)18-14/h3-7,11,15,21H,8-10H2,1-2H3/t11-,15-/m0/s1. The van der Waals surface area contributed by atoms with Gasteiger partial charge in [-0.15, -0.1) is 0 Å². The van der Waals surface area contributed by atoms with Crippen LogP contribution in [0.25, 0.3) is 11.0 Å². The molecule has 1 N–H and O–H groups in total. The fourth-order valence-corrected chi connectivity index (χ4v) is 3.99. The van der Waals surface area contributed by atoms with E-state index in [4.69, 9.17) is 0 Å². The van der Waals surface area contributed by atoms with Crippen molar-refractivity contribution in [3.8, 4) is 0 Å². The van der Waals surface area contributed by atoms with Crippen LogP contribution in [0.5, 0.6) is 0 Å². The Bertz CT molecular complexity index is 900. The third-order valence-corrected chi connectivity index (χ3v) is 6.30. The molecular formula is C16H20N4O4S. The minimum atomic E-state index is -3.45. The first kappa shape index (κ1) is 17.7. The number of likely N-dealkylation sites (tertiary alicyclic amines) is 1. The molecule has 134 valence electrons. The SMILES string of the molecule is CN(C)S(=O)(=O)C[C@@H]1CN(C(=O)c2cnc3ccccc3n2)C[C@@H]1O. The molecule has 1 saturated heterocycles. The summed E-state index contributed by atoms with van der Waals surface area (Å²) in [5.74, 6) is -1.08. The molecule has 2 atom stereocenters. The molecule has 8 nitrogen and oxygen atoms in total. The van der Waals surface area contributed by atoms with E-state index in [0.717, 1.165) is 4.31 Å². The number of nitrogens with zero attached hydrogens (tertiary/aromatic N) is 4. The Morgan fingerprint density at radius 1 is 1.28 bits per heavy atom. The van der Waals surface area contributed by atoms with Gasteiger partial charge in [0.1, 0.15) is 5.69 Å². The smallest absolute Gasteiger partial charge is 0.274 e. The monoisotopic (exact) mass is 364 g/mol. The van der Waals surface area contributed by atoms with E-state index in [9.17, 15) is 18.3 Å². The highest BCUT2D eigenvalue weighted by atomic mass is 32.2. The van der Waals surface area contributed by atoms with E-state index in [2.05, 4.69) is 9.97 Å². The number of amides is 1. The van der Waals surface area contributed by atoms with Crippen LogP contribution in [0.4, 0.5) is 0 Å². The highest BCUT2D eigenvalue weighted by Gasteiger charge is 2.38. The van der Waals surface area contributed by atoms with Crippen molar-refractivity contribution in [1.29, 1.82) is 0 Å². The lowest BCUT2D eigenvalue weighted by Crippen LogP contribution is -2.33. The topological polar surface area (TPSA) is 104 Å². The first-order valence-electron chi connectivity index (χ1n) is 7.87. The van der Waals surface area contributed by atoms with Crippen LogP contribution in [0.1, 0.15) is 10.5 Å². The van der Waals surface area contributed by atoms with Crippen molar-refractivity contribution >= 4 is 27.0 Å². The minimum Gasteiger partial charge on any atom is -0.391 e. The van der Waals surface area contributed by atoms with Crippen molar-refractivity contribution in [3.05, 3.63) is 36.2 Å². The molecule has 0 unspecified atom stereocenters. The van der Waals surface area contributed by atoms with Crippen molar-refractivity contribution in [2.45, 2.75) is 6.10 Å². The van der Waals surface area contributed by atoms with Gasteiger partial charge in [0.25, 0.3) is 5.91 Å². The van der Waals surface area contributed by atoms with E-state index in [1.54, 1.807) is 12.1 Å². The maximum absolute atomic E-state index is 12.6. The molecule has 1 amide bonds. The number of carbonyl (C=O) groups excluding carboxylic acids is 1. The average Bonchev–Trinajstić information content (AvgIpc) is 2.93. The highest BCUT2D eigenvalue weighted by molar-refractivity contribution is 7.89. The Hall–Kier alpha value is -2.10. The van der Waals surface area contributed by atoms with Gasteiger partial charge >= 0.3 is 0 Å². The van der Waals surface area contributed by atoms with E-state index in [-0.39, 0.29) is 30.4 Å². The number of para-hydroxylation sites is 2. The van der Waals surface area contributed by atoms with Crippen molar-refractivity contribution in [1.82, 2.24) is 19.2 Å². The Labute approximate surface area is 146 Å². The molecule has 1 aromatic carbocycles. The molecule has 0 radical (unpaired) electrons. The fourth-order valence-electron chi connectivity index (χ4n) is 2.83. The van der Waals surface area contributed by atoms with Gasteiger partial charge in [-0.3, -0.25) is 9.78 Å². The van der Waals surface area contributed by atoms with Crippen LogP contribution in [0.15, 0.2) is 30.5 Å². The number of β-amino-alcohol motifs (C(OH)–C–C–N with tert-alkyl or cyclic N) is 1. The summed E-state index contributed by atoms with van der Waals surface area (Å²) in [6.45, 7) is 0.253. The van der Waals surface area contributed by atoms with Gasteiger partial charge in [-0.25, -0.2) is 17.7 Å². The average molecular weight is 364 g/mol. The lowest BCUT2D eigenvalue weighted by molar-refractivity contribution is 0.0759. The molecule has 1 fully saturated rings. The predicted molar refractivity (Wildman–Crippen MR) is 92.4 cm³/mol. The van der Waals surface area contributed by atoms with Crippen molar-refractivity contribution in [2.75, 3.05) is 32.9 Å². The zero-order chi connectivity index (χ0) is 18.2. The van der Waals surface area contributed by atoms with Gasteiger partial charge in [0.05, 0.1) is 29.1 Å². The van der Waals surface area contributed by atoms with Crippen molar-refractivity contribution < 1.29 is 18.3 Å². The van der Waals surface area contributed by atoms with E-state index >= 15 is 0 Å². The Morgan fingerprint density at radius 3 is 2.64 bits per heavy atom. The van der Waals surface area contributed by atoms with Crippen LogP contribution in [-0.2, 0) is 10.0 Å². The number of aromatic nitrogens is 2. The lowest BCUT2D eigenvalue weighted by atomic mass is 10.1. The molecule has 9 heteroatoms. The molecule has 2 aromatic rings. The van der Waals surface area contributed by atoms with E-state index in [1.165, 1.54) is 25.2 Å². The summed E-state index contributed by atoms with van der Waals surface area (Å²) >= 11 is 0. The molecule has 0 saturated carbocycles. The number of carbonyl (C=O) groups is 1. The van der Waals surface area contributed by atoms with Gasteiger partial charge in [-0.2, -0.15) is 0 Å². The maximum Gasteiger partial charge on any atom is 0.274 e. The molecule has 0 spiro atoms. The summed E-state index contributed by atoms with van der Waals surface area (Å²) in [6, 6.07) is 7.22. The number of rotatable bonds is 4. The highest BCUT2D eigenvalue weighted by Crippen LogP contribution is 2.21. The fraction of sp³-hybridized carbons (Fsp3) is 0.438. The third kappa shape index (κ3) is 3.63. The predicted octanol–water partition coefficient (Wildman–Crippen LogP) is -0.0459. The number of benzene rings is 1. The Balaban J connectivity index is 1.76.